The lowest BCUT2D eigenvalue weighted by Gasteiger charge is -2.62. The van der Waals surface area contributed by atoms with Crippen LogP contribution in [0.4, 0.5) is 0 Å². The predicted molar refractivity (Wildman–Crippen MR) is 179 cm³/mol. The van der Waals surface area contributed by atoms with Gasteiger partial charge in [-0.1, -0.05) is 32.4 Å². The van der Waals surface area contributed by atoms with E-state index >= 15 is 0 Å². The van der Waals surface area contributed by atoms with Gasteiger partial charge in [-0.3, -0.25) is 9.59 Å². The van der Waals surface area contributed by atoms with Crippen molar-refractivity contribution in [1.82, 2.24) is 14.5 Å². The fourth-order valence-electron chi connectivity index (χ4n) is 10.6. The summed E-state index contributed by atoms with van der Waals surface area (Å²) < 4.78 is 13.9. The molecule has 9 nitrogen and oxygen atoms in total. The first-order chi connectivity index (χ1) is 21.9. The smallest absolute Gasteiger partial charge is 0.328 e. The molecular weight excluding hydrogens is 624 g/mol. The Morgan fingerprint density at radius 3 is 2.57 bits per heavy atom. The highest BCUT2D eigenvalue weighted by atomic mass is 35.5. The van der Waals surface area contributed by atoms with Crippen molar-refractivity contribution in [3.8, 4) is 11.4 Å². The number of ether oxygens (including phenoxy) is 2. The second-order valence-electron chi connectivity index (χ2n) is 15.1. The number of benzene rings is 1. The number of aliphatic hydroxyl groups excluding tert-OH is 1. The van der Waals surface area contributed by atoms with Crippen LogP contribution >= 0.6 is 23.8 Å². The number of halogens is 1. The van der Waals surface area contributed by atoms with Gasteiger partial charge in [-0.15, -0.1) is 5.10 Å². The lowest BCUT2D eigenvalue weighted by atomic mass is 9.43. The summed E-state index contributed by atoms with van der Waals surface area (Å²) in [4.78, 5) is 25.0. The normalized spacial score (nSPS) is 35.8. The number of nitrogens with two attached hydrogens (primary N) is 1. The lowest BCUT2D eigenvalue weighted by Crippen LogP contribution is -2.59. The molecule has 3 N–H and O–H groups in total. The quantitative estimate of drug-likeness (QED) is 0.183. The Balaban J connectivity index is 1.09. The number of fused-ring (bicyclic) bond motifs is 5. The zero-order chi connectivity index (χ0) is 33.0. The van der Waals surface area contributed by atoms with Crippen molar-refractivity contribution >= 4 is 35.8 Å². The molecular formula is C35H49ClN4O5S. The van der Waals surface area contributed by atoms with E-state index in [0.717, 1.165) is 56.9 Å². The molecule has 1 heterocycles. The summed E-state index contributed by atoms with van der Waals surface area (Å²) in [5.41, 5.74) is 0.760. The summed E-state index contributed by atoms with van der Waals surface area (Å²) in [6.45, 7) is 6.94. The molecule has 0 aliphatic heterocycles. The average molecular weight is 673 g/mol. The maximum absolute atomic E-state index is 13.1. The number of hydrogen-bond donors (Lipinski definition) is 2. The van der Waals surface area contributed by atoms with Crippen LogP contribution in [-0.4, -0.2) is 50.8 Å². The number of rotatable bonds is 8. The molecule has 0 amide bonds. The molecule has 10 atom stereocenters. The van der Waals surface area contributed by atoms with Crippen LogP contribution in [0.25, 0.3) is 11.4 Å². The van der Waals surface area contributed by atoms with Gasteiger partial charge < -0.3 is 20.4 Å². The first-order valence-corrected chi connectivity index (χ1v) is 17.8. The number of hydrogen-bond acceptors (Lipinski definition) is 8. The summed E-state index contributed by atoms with van der Waals surface area (Å²) in [6.07, 6.45) is 8.83. The van der Waals surface area contributed by atoms with Crippen LogP contribution < -0.4 is 5.84 Å². The summed E-state index contributed by atoms with van der Waals surface area (Å²) in [7, 11) is 1.45. The molecule has 1 aromatic heterocycles. The minimum atomic E-state index is -0.360. The molecule has 2 aromatic rings. The molecule has 4 aliphatic carbocycles. The van der Waals surface area contributed by atoms with Crippen molar-refractivity contribution < 1.29 is 24.2 Å². The minimum Gasteiger partial charge on any atom is -0.469 e. The number of aromatic nitrogens is 3. The zero-order valence-corrected chi connectivity index (χ0v) is 29.1. The summed E-state index contributed by atoms with van der Waals surface area (Å²) in [5, 5.41) is 17.0. The number of nitrogens with zero attached hydrogens (tertiary/aromatic N) is 3. The Kier molecular flexibility index (Phi) is 9.37. The molecule has 0 radical (unpaired) electrons. The summed E-state index contributed by atoms with van der Waals surface area (Å²) in [5.74, 6) is 8.95. The van der Waals surface area contributed by atoms with E-state index in [1.54, 1.807) is 12.1 Å². The fourth-order valence-corrected chi connectivity index (χ4v) is 10.9. The van der Waals surface area contributed by atoms with Gasteiger partial charge in [0.1, 0.15) is 12.6 Å². The van der Waals surface area contributed by atoms with E-state index < -0.39 is 0 Å². The van der Waals surface area contributed by atoms with Crippen molar-refractivity contribution in [3.05, 3.63) is 34.1 Å². The number of methoxy groups -OCH3 is 1. The van der Waals surface area contributed by atoms with E-state index in [9.17, 15) is 14.7 Å². The predicted octanol–water partition coefficient (Wildman–Crippen LogP) is 6.58. The topological polar surface area (TPSA) is 122 Å². The van der Waals surface area contributed by atoms with Crippen LogP contribution in [0.2, 0.25) is 5.02 Å². The van der Waals surface area contributed by atoms with E-state index in [2.05, 4.69) is 25.9 Å². The van der Waals surface area contributed by atoms with E-state index in [-0.39, 0.29) is 46.3 Å². The Labute approximate surface area is 282 Å². The second kappa shape index (κ2) is 12.9. The summed E-state index contributed by atoms with van der Waals surface area (Å²) >= 11 is 11.5. The molecule has 0 spiro atoms. The van der Waals surface area contributed by atoms with Crippen molar-refractivity contribution in [2.75, 3.05) is 13.0 Å². The standard InChI is InChI=1S/C35H49ClN4O5S/c1-20(5-14-30(42)44-4)26-12-13-27-25-11-8-22-17-24(15-16-34(22,2)28(25)18-29(41)35(26,27)3)45-31(43)19-39-33(46)40(37)32(38-39)21-6-9-23(36)10-7-21/h6-7,9-10,20,22,24-29,41H,5,8,11-19,37H2,1-4H3/t20-,22-,24-,25+,26-,27+,28+,29+,34+,35-/m1/s1. The van der Waals surface area contributed by atoms with Crippen molar-refractivity contribution in [2.45, 2.75) is 104 Å². The Morgan fingerprint density at radius 1 is 1.11 bits per heavy atom. The van der Waals surface area contributed by atoms with E-state index in [1.165, 1.54) is 22.9 Å². The third-order valence-corrected chi connectivity index (χ3v) is 13.7. The molecule has 11 heteroatoms. The number of aliphatic hydroxyl groups is 1. The third kappa shape index (κ3) is 5.80. The van der Waals surface area contributed by atoms with Crippen LogP contribution in [0.3, 0.4) is 0 Å². The molecule has 0 saturated heterocycles. The molecule has 1 aromatic carbocycles. The number of nitrogen functional groups attached to an aromatic ring is 1. The Hall–Kier alpha value is -2.43. The van der Waals surface area contributed by atoms with Gasteiger partial charge in [0.05, 0.1) is 13.2 Å². The largest absolute Gasteiger partial charge is 0.469 e. The minimum absolute atomic E-state index is 0.0988. The summed E-state index contributed by atoms with van der Waals surface area (Å²) in [6, 6.07) is 7.13. The molecule has 4 saturated carbocycles. The van der Waals surface area contributed by atoms with Gasteiger partial charge in [0.15, 0.2) is 5.82 Å². The molecule has 0 bridgehead atoms. The van der Waals surface area contributed by atoms with Gasteiger partial charge in [0.2, 0.25) is 4.77 Å². The van der Waals surface area contributed by atoms with E-state index in [0.29, 0.717) is 52.8 Å². The van der Waals surface area contributed by atoms with Crippen molar-refractivity contribution in [1.29, 1.82) is 0 Å². The van der Waals surface area contributed by atoms with E-state index in [4.69, 9.17) is 39.1 Å². The van der Waals surface area contributed by atoms with Crippen molar-refractivity contribution in [3.63, 3.8) is 0 Å². The van der Waals surface area contributed by atoms with Crippen LogP contribution in [0.1, 0.15) is 85.0 Å². The van der Waals surface area contributed by atoms with Gasteiger partial charge in [-0.05, 0) is 141 Å². The first kappa shape index (κ1) is 33.5. The van der Waals surface area contributed by atoms with Crippen LogP contribution in [0.5, 0.6) is 0 Å². The fraction of sp³-hybridized carbons (Fsp3) is 0.714. The molecule has 4 fully saturated rings. The van der Waals surface area contributed by atoms with Crippen LogP contribution in [0, 0.1) is 51.1 Å². The SMILES string of the molecule is COC(=O)CC[C@@H](C)[C@H]1CC[C@H]2[C@@H]3CC[C@@H]4C[C@H](OC(=O)Cn5nc(-c6ccc(Cl)cc6)n(N)c5=S)CC[C@]4(C)[C@H]3C[C@H](O)[C@]12C. The highest BCUT2D eigenvalue weighted by Crippen LogP contribution is 2.68. The lowest BCUT2D eigenvalue weighted by molar-refractivity contribution is -0.182. The van der Waals surface area contributed by atoms with Crippen molar-refractivity contribution in [2.24, 2.45) is 46.3 Å². The number of carbonyl (C=O) groups is 2. The van der Waals surface area contributed by atoms with Crippen LogP contribution in [0.15, 0.2) is 24.3 Å². The Morgan fingerprint density at radius 2 is 1.85 bits per heavy atom. The van der Waals surface area contributed by atoms with Gasteiger partial charge >= 0.3 is 11.9 Å². The van der Waals surface area contributed by atoms with E-state index in [1.807, 2.05) is 12.1 Å². The number of carbonyl (C=O) groups excluding carboxylic acids is 2. The highest BCUT2D eigenvalue weighted by Gasteiger charge is 2.63. The van der Waals surface area contributed by atoms with Gasteiger partial charge in [-0.2, -0.15) is 0 Å². The molecule has 4 aliphatic rings. The third-order valence-electron chi connectivity index (χ3n) is 13.1. The molecule has 46 heavy (non-hydrogen) atoms. The maximum atomic E-state index is 13.1. The molecule has 252 valence electrons. The zero-order valence-electron chi connectivity index (χ0n) is 27.5. The monoisotopic (exact) mass is 672 g/mol. The number of esters is 2. The van der Waals surface area contributed by atoms with Gasteiger partial charge in [-0.25, -0.2) is 9.36 Å². The van der Waals surface area contributed by atoms with Crippen LogP contribution in [-0.2, 0) is 25.6 Å². The maximum Gasteiger partial charge on any atom is 0.328 e. The first-order valence-electron chi connectivity index (χ1n) is 17.0. The Bertz CT molecular complexity index is 1510. The average Bonchev–Trinajstić information content (AvgIpc) is 3.53. The molecule has 6 rings (SSSR count). The van der Waals surface area contributed by atoms with Gasteiger partial charge in [0.25, 0.3) is 0 Å². The van der Waals surface area contributed by atoms with Gasteiger partial charge in [0, 0.05) is 17.0 Å². The molecule has 0 unspecified atom stereocenters. The second-order valence-corrected chi connectivity index (χ2v) is 15.9. The highest BCUT2D eigenvalue weighted by molar-refractivity contribution is 7.71.